The minimum atomic E-state index is -3.24. The first kappa shape index (κ1) is 26.9. The highest BCUT2D eigenvalue weighted by Crippen LogP contribution is 2.25. The number of hydrogen-bond acceptors (Lipinski definition) is 5. The van der Waals surface area contributed by atoms with E-state index in [1.165, 1.54) is 6.42 Å². The van der Waals surface area contributed by atoms with Crippen molar-refractivity contribution in [3.8, 4) is 0 Å². The number of ether oxygens (including phenoxy) is 1. The van der Waals surface area contributed by atoms with Gasteiger partial charge in [0.05, 0.1) is 12.3 Å². The maximum absolute atomic E-state index is 12.1. The lowest BCUT2D eigenvalue weighted by atomic mass is 9.86. The second-order valence-electron chi connectivity index (χ2n) is 7.83. The van der Waals surface area contributed by atoms with Gasteiger partial charge in [-0.05, 0) is 44.9 Å². The summed E-state index contributed by atoms with van der Waals surface area (Å²) in [5.41, 5.74) is 0. The van der Waals surface area contributed by atoms with Gasteiger partial charge >= 0.3 is 0 Å². The van der Waals surface area contributed by atoms with E-state index in [4.69, 9.17) is 4.74 Å². The normalized spacial score (nSPS) is 19.4. The Morgan fingerprint density at radius 2 is 1.93 bits per heavy atom. The number of aliphatic imine (C=N–C) groups is 1. The van der Waals surface area contributed by atoms with E-state index in [0.29, 0.717) is 18.5 Å². The lowest BCUT2D eigenvalue weighted by Crippen LogP contribution is -2.49. The number of halogens is 1. The molecule has 0 bridgehead atoms. The molecule has 10 heteroatoms. The van der Waals surface area contributed by atoms with Crippen molar-refractivity contribution < 1.29 is 13.2 Å². The van der Waals surface area contributed by atoms with E-state index in [9.17, 15) is 8.42 Å². The molecule has 1 heterocycles. The second-order valence-corrected chi connectivity index (χ2v) is 9.76. The van der Waals surface area contributed by atoms with Gasteiger partial charge in [-0.3, -0.25) is 4.99 Å². The topological polar surface area (TPSA) is 95.1 Å². The van der Waals surface area contributed by atoms with E-state index < -0.39 is 10.0 Å². The zero-order valence-electron chi connectivity index (χ0n) is 18.0. The Morgan fingerprint density at radius 1 is 1.21 bits per heavy atom. The summed E-state index contributed by atoms with van der Waals surface area (Å²) in [7, 11) is -1.50. The van der Waals surface area contributed by atoms with Crippen LogP contribution in [0, 0.1) is 5.92 Å². The van der Waals surface area contributed by atoms with Gasteiger partial charge in [0.15, 0.2) is 5.96 Å². The van der Waals surface area contributed by atoms with Gasteiger partial charge in [-0.1, -0.05) is 6.42 Å². The Bertz CT molecular complexity index is 564. The first-order chi connectivity index (χ1) is 13.5. The summed E-state index contributed by atoms with van der Waals surface area (Å²) < 4.78 is 32.1. The van der Waals surface area contributed by atoms with E-state index in [1.807, 2.05) is 6.92 Å². The van der Waals surface area contributed by atoms with Crippen molar-refractivity contribution in [1.29, 1.82) is 0 Å². The van der Waals surface area contributed by atoms with E-state index >= 15 is 0 Å². The van der Waals surface area contributed by atoms with Crippen molar-refractivity contribution in [1.82, 2.24) is 20.3 Å². The van der Waals surface area contributed by atoms with E-state index in [-0.39, 0.29) is 36.3 Å². The molecule has 8 nitrogen and oxygen atoms in total. The number of sulfonamides is 1. The quantitative estimate of drug-likeness (QED) is 0.149. The highest BCUT2D eigenvalue weighted by molar-refractivity contribution is 14.0. The molecule has 1 saturated carbocycles. The molecule has 3 N–H and O–H groups in total. The van der Waals surface area contributed by atoms with Crippen LogP contribution >= 0.6 is 24.0 Å². The molecule has 2 aliphatic rings. The highest BCUT2D eigenvalue weighted by Gasteiger charge is 2.21. The van der Waals surface area contributed by atoms with Crippen molar-refractivity contribution in [2.24, 2.45) is 10.9 Å². The standard InChI is InChI=1S/C19H39N5O3S.HI/c1-3-20-19(21-10-15-28(25,26)22-16-17-6-4-7-17)23-18-8-12-24(13-9-18)11-5-14-27-2;/h17-18,22H,3-16H2,1-2H3,(H2,20,21,23);1H. The Balaban J connectivity index is 0.00000420. The molecule has 2 fully saturated rings. The van der Waals surface area contributed by atoms with Crippen LogP contribution in [0.3, 0.4) is 0 Å². The van der Waals surface area contributed by atoms with Crippen molar-refractivity contribution >= 4 is 40.0 Å². The zero-order chi connectivity index (χ0) is 20.2. The van der Waals surface area contributed by atoms with Gasteiger partial charge in [0, 0.05) is 52.5 Å². The fraction of sp³-hybridized carbons (Fsp3) is 0.947. The lowest BCUT2D eigenvalue weighted by Gasteiger charge is -2.33. The van der Waals surface area contributed by atoms with Gasteiger partial charge in [-0.15, -0.1) is 24.0 Å². The van der Waals surface area contributed by atoms with Gasteiger partial charge < -0.3 is 20.3 Å². The van der Waals surface area contributed by atoms with Gasteiger partial charge in [0.1, 0.15) is 0 Å². The molecule has 0 atom stereocenters. The molecule has 172 valence electrons. The van der Waals surface area contributed by atoms with Crippen LogP contribution in [0.5, 0.6) is 0 Å². The molecule has 0 aromatic carbocycles. The minimum Gasteiger partial charge on any atom is -0.385 e. The fourth-order valence-corrected chi connectivity index (χ4v) is 4.50. The first-order valence-corrected chi connectivity index (χ1v) is 12.4. The molecule has 1 saturated heterocycles. The molecule has 0 unspecified atom stereocenters. The van der Waals surface area contributed by atoms with Crippen LogP contribution in [-0.2, 0) is 14.8 Å². The smallest absolute Gasteiger partial charge is 0.213 e. The van der Waals surface area contributed by atoms with E-state index in [1.54, 1.807) is 7.11 Å². The molecule has 2 rings (SSSR count). The Morgan fingerprint density at radius 3 is 2.52 bits per heavy atom. The van der Waals surface area contributed by atoms with Crippen molar-refractivity contribution in [3.63, 3.8) is 0 Å². The lowest BCUT2D eigenvalue weighted by molar-refractivity contribution is 0.155. The van der Waals surface area contributed by atoms with Gasteiger partial charge in [-0.25, -0.2) is 13.1 Å². The average Bonchev–Trinajstić information content (AvgIpc) is 2.62. The largest absolute Gasteiger partial charge is 0.385 e. The predicted molar refractivity (Wildman–Crippen MR) is 130 cm³/mol. The summed E-state index contributed by atoms with van der Waals surface area (Å²) in [5, 5.41) is 6.70. The van der Waals surface area contributed by atoms with E-state index in [0.717, 1.165) is 70.8 Å². The summed E-state index contributed by atoms with van der Waals surface area (Å²) in [6, 6.07) is 0.379. The van der Waals surface area contributed by atoms with Crippen molar-refractivity contribution in [3.05, 3.63) is 0 Å². The number of nitrogens with zero attached hydrogens (tertiary/aromatic N) is 2. The van der Waals surface area contributed by atoms with E-state index in [2.05, 4.69) is 25.2 Å². The predicted octanol–water partition coefficient (Wildman–Crippen LogP) is 1.38. The van der Waals surface area contributed by atoms with Gasteiger partial charge in [0.25, 0.3) is 0 Å². The third-order valence-corrected chi connectivity index (χ3v) is 6.87. The van der Waals surface area contributed by atoms with Crippen LogP contribution in [0.25, 0.3) is 0 Å². The number of piperidine rings is 1. The van der Waals surface area contributed by atoms with Crippen LogP contribution in [0.4, 0.5) is 0 Å². The van der Waals surface area contributed by atoms with Crippen molar-refractivity contribution in [2.75, 3.05) is 58.7 Å². The summed E-state index contributed by atoms with van der Waals surface area (Å²) >= 11 is 0. The molecule has 0 amide bonds. The molecule has 1 aliphatic heterocycles. The Kier molecular flexibility index (Phi) is 13.7. The van der Waals surface area contributed by atoms with Crippen LogP contribution < -0.4 is 15.4 Å². The molecule has 0 spiro atoms. The number of rotatable bonds is 12. The highest BCUT2D eigenvalue weighted by atomic mass is 127. The number of hydrogen-bond donors (Lipinski definition) is 3. The van der Waals surface area contributed by atoms with Gasteiger partial charge in [-0.2, -0.15) is 0 Å². The second kappa shape index (κ2) is 14.8. The zero-order valence-corrected chi connectivity index (χ0v) is 21.1. The summed E-state index contributed by atoms with van der Waals surface area (Å²) in [6.07, 6.45) is 6.71. The third kappa shape index (κ3) is 11.1. The summed E-state index contributed by atoms with van der Waals surface area (Å²) in [5.74, 6) is 1.28. The first-order valence-electron chi connectivity index (χ1n) is 10.8. The molecule has 0 aromatic heterocycles. The number of methoxy groups -OCH3 is 1. The molecular weight excluding hydrogens is 505 g/mol. The van der Waals surface area contributed by atoms with Crippen LogP contribution in [-0.4, -0.2) is 84.1 Å². The maximum atomic E-state index is 12.1. The molecular formula is C19H40IN5O3S. The van der Waals surface area contributed by atoms with Gasteiger partial charge in [0.2, 0.25) is 10.0 Å². The number of nitrogens with one attached hydrogen (secondary N) is 3. The summed E-state index contributed by atoms with van der Waals surface area (Å²) in [6.45, 7) is 7.66. The fourth-order valence-electron chi connectivity index (χ4n) is 3.54. The van der Waals surface area contributed by atoms with Crippen LogP contribution in [0.15, 0.2) is 4.99 Å². The third-order valence-electron chi connectivity index (χ3n) is 5.54. The summed E-state index contributed by atoms with van der Waals surface area (Å²) in [4.78, 5) is 6.95. The maximum Gasteiger partial charge on any atom is 0.213 e. The monoisotopic (exact) mass is 545 g/mol. The molecule has 0 radical (unpaired) electrons. The minimum absolute atomic E-state index is 0. The SMILES string of the molecule is CCNC(=NCCS(=O)(=O)NCC1CCC1)NC1CCN(CCCOC)CC1.I. The Labute approximate surface area is 194 Å². The average molecular weight is 546 g/mol. The van der Waals surface area contributed by atoms with Crippen molar-refractivity contribution in [2.45, 2.75) is 51.5 Å². The Hall–Kier alpha value is -0.170. The molecule has 0 aromatic rings. The number of likely N-dealkylation sites (tertiary alicyclic amines) is 1. The van der Waals surface area contributed by atoms with Crippen LogP contribution in [0.1, 0.15) is 45.4 Å². The number of guanidine groups is 1. The molecule has 1 aliphatic carbocycles. The van der Waals surface area contributed by atoms with Crippen LogP contribution in [0.2, 0.25) is 0 Å². The molecule has 29 heavy (non-hydrogen) atoms.